The quantitative estimate of drug-likeness (QED) is 0.917. The van der Waals surface area contributed by atoms with Gasteiger partial charge in [0.05, 0.1) is 6.61 Å². The van der Waals surface area contributed by atoms with Crippen LogP contribution in [0.4, 0.5) is 0 Å². The molecule has 0 bridgehead atoms. The normalized spacial score (nSPS) is 12.2. The van der Waals surface area contributed by atoms with Gasteiger partial charge in [0.15, 0.2) is 0 Å². The molecule has 2 N–H and O–H groups in total. The molecule has 100 valence electrons. The number of hydrogen-bond donors (Lipinski definition) is 1. The average Bonchev–Trinajstić information content (AvgIpc) is 2.41. The summed E-state index contributed by atoms with van der Waals surface area (Å²) in [5.74, 6) is 0.854. The first-order valence-corrected chi connectivity index (χ1v) is 7.03. The van der Waals surface area contributed by atoms with Gasteiger partial charge in [0.2, 0.25) is 0 Å². The fraction of sp³-hybridized carbons (Fsp3) is 0.267. The van der Waals surface area contributed by atoms with Crippen LogP contribution in [0.3, 0.4) is 0 Å². The van der Waals surface area contributed by atoms with Crippen LogP contribution in [0.5, 0.6) is 5.75 Å². The molecule has 0 fully saturated rings. The van der Waals surface area contributed by atoms with Gasteiger partial charge in [0, 0.05) is 34.9 Å². The van der Waals surface area contributed by atoms with E-state index in [9.17, 15) is 0 Å². The minimum atomic E-state index is -0.0478. The molecule has 19 heavy (non-hydrogen) atoms. The topological polar surface area (TPSA) is 48.1 Å². The Morgan fingerprint density at radius 3 is 2.68 bits per heavy atom. The third-order valence-electron chi connectivity index (χ3n) is 2.86. The molecule has 4 heteroatoms. The molecule has 0 amide bonds. The van der Waals surface area contributed by atoms with Crippen LogP contribution in [0.15, 0.2) is 47.2 Å². The Morgan fingerprint density at radius 2 is 2.00 bits per heavy atom. The van der Waals surface area contributed by atoms with Gasteiger partial charge in [-0.1, -0.05) is 15.9 Å². The van der Waals surface area contributed by atoms with E-state index in [0.29, 0.717) is 6.61 Å². The van der Waals surface area contributed by atoms with Crippen molar-refractivity contribution in [1.82, 2.24) is 4.98 Å². The second-order valence-corrected chi connectivity index (χ2v) is 5.34. The number of rotatable bonds is 5. The summed E-state index contributed by atoms with van der Waals surface area (Å²) in [6, 6.07) is 9.87. The lowest BCUT2D eigenvalue weighted by molar-refractivity contribution is 0.317. The smallest absolute Gasteiger partial charge is 0.124 e. The maximum Gasteiger partial charge on any atom is 0.124 e. The number of hydrogen-bond acceptors (Lipinski definition) is 3. The average molecular weight is 321 g/mol. The molecule has 3 nitrogen and oxygen atoms in total. The second kappa shape index (κ2) is 6.68. The predicted octanol–water partition coefficient (Wildman–Crippen LogP) is 3.49. The molecule has 0 aliphatic carbocycles. The van der Waals surface area contributed by atoms with Gasteiger partial charge in [-0.3, -0.25) is 4.98 Å². The van der Waals surface area contributed by atoms with Crippen molar-refractivity contribution in [2.75, 3.05) is 6.61 Å². The van der Waals surface area contributed by atoms with Crippen molar-refractivity contribution < 1.29 is 4.74 Å². The van der Waals surface area contributed by atoms with E-state index in [0.717, 1.165) is 22.2 Å². The summed E-state index contributed by atoms with van der Waals surface area (Å²) in [4.78, 5) is 4.00. The third-order valence-corrected chi connectivity index (χ3v) is 3.35. The van der Waals surface area contributed by atoms with Gasteiger partial charge in [0.1, 0.15) is 5.75 Å². The Hall–Kier alpha value is -1.39. The molecule has 1 aromatic heterocycles. The number of nitrogens with zero attached hydrogens (tertiary/aromatic N) is 1. The first-order valence-electron chi connectivity index (χ1n) is 6.23. The Bertz CT molecular complexity index is 529. The minimum absolute atomic E-state index is 0.0478. The zero-order valence-corrected chi connectivity index (χ0v) is 12.4. The number of halogens is 1. The molecule has 0 aliphatic rings. The molecule has 0 saturated heterocycles. The van der Waals surface area contributed by atoms with Crippen molar-refractivity contribution in [3.8, 4) is 5.75 Å². The lowest BCUT2D eigenvalue weighted by atomic mass is 10.1. The molecule has 2 aromatic rings. The highest BCUT2D eigenvalue weighted by Gasteiger charge is 2.08. The van der Waals surface area contributed by atoms with Gasteiger partial charge in [-0.15, -0.1) is 0 Å². The van der Waals surface area contributed by atoms with Crippen LogP contribution in [0.1, 0.15) is 24.1 Å². The maximum absolute atomic E-state index is 5.96. The number of ether oxygens (including phenoxy) is 1. The van der Waals surface area contributed by atoms with Crippen molar-refractivity contribution >= 4 is 15.9 Å². The van der Waals surface area contributed by atoms with Gasteiger partial charge in [0.25, 0.3) is 0 Å². The lowest BCUT2D eigenvalue weighted by Crippen LogP contribution is -2.09. The standard InChI is InChI=1S/C15H17BrN2O/c1-11(17)14-10-13(16)2-3-15(14)19-9-6-12-4-7-18-8-5-12/h2-5,7-8,10-11H,6,9,17H2,1H3/t11-/m0/s1. The van der Waals surface area contributed by atoms with Crippen LogP contribution in [0.2, 0.25) is 0 Å². The van der Waals surface area contributed by atoms with Crippen molar-refractivity contribution in [3.63, 3.8) is 0 Å². The Morgan fingerprint density at radius 1 is 1.26 bits per heavy atom. The summed E-state index contributed by atoms with van der Waals surface area (Å²) < 4.78 is 6.85. The zero-order valence-electron chi connectivity index (χ0n) is 10.8. The SMILES string of the molecule is C[C@H](N)c1cc(Br)ccc1OCCc1ccncc1. The van der Waals surface area contributed by atoms with Gasteiger partial charge in [-0.05, 0) is 42.8 Å². The van der Waals surface area contributed by atoms with Crippen molar-refractivity contribution in [2.24, 2.45) is 5.73 Å². The van der Waals surface area contributed by atoms with E-state index in [-0.39, 0.29) is 6.04 Å². The van der Waals surface area contributed by atoms with Crippen LogP contribution in [0, 0.1) is 0 Å². The minimum Gasteiger partial charge on any atom is -0.493 e. The van der Waals surface area contributed by atoms with Crippen LogP contribution in [-0.4, -0.2) is 11.6 Å². The highest BCUT2D eigenvalue weighted by atomic mass is 79.9. The van der Waals surface area contributed by atoms with Crippen molar-refractivity contribution in [1.29, 1.82) is 0 Å². The van der Waals surface area contributed by atoms with Crippen LogP contribution in [-0.2, 0) is 6.42 Å². The van der Waals surface area contributed by atoms with Gasteiger partial charge in [-0.2, -0.15) is 0 Å². The summed E-state index contributed by atoms with van der Waals surface area (Å²) in [6.07, 6.45) is 4.45. The monoisotopic (exact) mass is 320 g/mol. The summed E-state index contributed by atoms with van der Waals surface area (Å²) in [6.45, 7) is 2.59. The first-order chi connectivity index (χ1) is 9.16. The third kappa shape index (κ3) is 4.04. The molecule has 0 radical (unpaired) electrons. The second-order valence-electron chi connectivity index (χ2n) is 4.42. The maximum atomic E-state index is 5.96. The summed E-state index contributed by atoms with van der Waals surface area (Å²) >= 11 is 3.45. The van der Waals surface area contributed by atoms with Crippen molar-refractivity contribution in [3.05, 3.63) is 58.3 Å². The molecule has 2 rings (SSSR count). The van der Waals surface area contributed by atoms with Crippen LogP contribution < -0.4 is 10.5 Å². The summed E-state index contributed by atoms with van der Waals surface area (Å²) in [5.41, 5.74) is 8.19. The molecule has 0 saturated carbocycles. The van der Waals surface area contributed by atoms with Crippen LogP contribution in [0.25, 0.3) is 0 Å². The molecular weight excluding hydrogens is 304 g/mol. The number of aromatic nitrogens is 1. The lowest BCUT2D eigenvalue weighted by Gasteiger charge is -2.14. The fourth-order valence-corrected chi connectivity index (χ4v) is 2.21. The van der Waals surface area contributed by atoms with Gasteiger partial charge in [-0.25, -0.2) is 0 Å². The van der Waals surface area contributed by atoms with Crippen molar-refractivity contribution in [2.45, 2.75) is 19.4 Å². The Balaban J connectivity index is 2.00. The predicted molar refractivity (Wildman–Crippen MR) is 80.2 cm³/mol. The van der Waals surface area contributed by atoms with E-state index in [1.54, 1.807) is 12.4 Å². The fourth-order valence-electron chi connectivity index (χ4n) is 1.83. The van der Waals surface area contributed by atoms with Gasteiger partial charge >= 0.3 is 0 Å². The van der Waals surface area contributed by atoms with E-state index in [1.165, 1.54) is 5.56 Å². The molecular formula is C15H17BrN2O. The first kappa shape index (κ1) is 14.0. The largest absolute Gasteiger partial charge is 0.493 e. The Kier molecular flexibility index (Phi) is 4.93. The van der Waals surface area contributed by atoms with Crippen LogP contribution >= 0.6 is 15.9 Å². The molecule has 1 aromatic carbocycles. The number of nitrogens with two attached hydrogens (primary N) is 1. The highest BCUT2D eigenvalue weighted by molar-refractivity contribution is 9.10. The van der Waals surface area contributed by atoms with E-state index >= 15 is 0 Å². The number of pyridine rings is 1. The Labute approximate surface area is 121 Å². The zero-order chi connectivity index (χ0) is 13.7. The van der Waals surface area contributed by atoms with E-state index < -0.39 is 0 Å². The summed E-state index contributed by atoms with van der Waals surface area (Å²) in [7, 11) is 0. The molecule has 0 unspecified atom stereocenters. The molecule has 1 atom stereocenters. The molecule has 1 heterocycles. The number of benzene rings is 1. The van der Waals surface area contributed by atoms with E-state index in [2.05, 4.69) is 20.9 Å². The summed E-state index contributed by atoms with van der Waals surface area (Å²) in [5, 5.41) is 0. The van der Waals surface area contributed by atoms with E-state index in [4.69, 9.17) is 10.5 Å². The van der Waals surface area contributed by atoms with Gasteiger partial charge < -0.3 is 10.5 Å². The van der Waals surface area contributed by atoms with E-state index in [1.807, 2.05) is 37.3 Å². The molecule has 0 spiro atoms. The highest BCUT2D eigenvalue weighted by Crippen LogP contribution is 2.27. The molecule has 0 aliphatic heterocycles.